The van der Waals surface area contributed by atoms with Crippen molar-refractivity contribution in [3.8, 4) is 5.75 Å². The van der Waals surface area contributed by atoms with Gasteiger partial charge < -0.3 is 24.8 Å². The van der Waals surface area contributed by atoms with Gasteiger partial charge in [-0.1, -0.05) is 42.8 Å². The zero-order valence-corrected chi connectivity index (χ0v) is 18.6. The van der Waals surface area contributed by atoms with E-state index in [4.69, 9.17) is 21.1 Å². The van der Waals surface area contributed by atoms with Gasteiger partial charge in [0.15, 0.2) is 0 Å². The number of rotatable bonds is 6. The molecule has 1 fully saturated rings. The molecule has 3 N–H and O–H groups in total. The molecule has 2 aromatic rings. The summed E-state index contributed by atoms with van der Waals surface area (Å²) in [5, 5.41) is 32.2. The summed E-state index contributed by atoms with van der Waals surface area (Å²) in [5.41, 5.74) is 1.69. The summed E-state index contributed by atoms with van der Waals surface area (Å²) in [6.07, 6.45) is -3.10. The summed E-state index contributed by atoms with van der Waals surface area (Å²) >= 11 is 6.44. The zero-order chi connectivity index (χ0) is 22.1. The second-order valence-corrected chi connectivity index (χ2v) is 8.68. The van der Waals surface area contributed by atoms with Crippen molar-refractivity contribution in [3.05, 3.63) is 64.2 Å². The molecule has 1 heterocycles. The molecule has 0 spiro atoms. The van der Waals surface area contributed by atoms with Crippen molar-refractivity contribution in [1.82, 2.24) is 0 Å². The Kier molecular flexibility index (Phi) is 7.10. The van der Waals surface area contributed by atoms with E-state index < -0.39 is 35.9 Å². The monoisotopic (exact) mass is 434 g/mol. The third-order valence-electron chi connectivity index (χ3n) is 6.31. The van der Waals surface area contributed by atoms with Gasteiger partial charge >= 0.3 is 0 Å². The van der Waals surface area contributed by atoms with E-state index in [1.165, 1.54) is 0 Å². The summed E-state index contributed by atoms with van der Waals surface area (Å²) in [6.45, 7) is 7.74. The van der Waals surface area contributed by atoms with Crippen LogP contribution >= 0.6 is 11.6 Å². The van der Waals surface area contributed by atoms with Gasteiger partial charge in [-0.25, -0.2) is 0 Å². The predicted octanol–water partition coefficient (Wildman–Crippen LogP) is 3.90. The van der Waals surface area contributed by atoms with E-state index in [9.17, 15) is 15.3 Å². The Labute approximate surface area is 183 Å². The Morgan fingerprint density at radius 2 is 1.80 bits per heavy atom. The summed E-state index contributed by atoms with van der Waals surface area (Å²) in [6, 6.07) is 13.3. The second kappa shape index (κ2) is 9.25. The maximum absolute atomic E-state index is 10.7. The van der Waals surface area contributed by atoms with Crippen molar-refractivity contribution in [1.29, 1.82) is 0 Å². The molecule has 0 radical (unpaired) electrons. The van der Waals surface area contributed by atoms with Crippen LogP contribution in [-0.2, 0) is 11.2 Å². The van der Waals surface area contributed by atoms with Crippen molar-refractivity contribution in [3.63, 3.8) is 0 Å². The largest absolute Gasteiger partial charge is 0.494 e. The normalized spacial score (nSPS) is 30.1. The van der Waals surface area contributed by atoms with E-state index in [1.54, 1.807) is 32.9 Å². The summed E-state index contributed by atoms with van der Waals surface area (Å²) in [4.78, 5) is 0. The molecule has 0 aliphatic carbocycles. The maximum atomic E-state index is 10.7. The van der Waals surface area contributed by atoms with Gasteiger partial charge in [0.2, 0.25) is 0 Å². The number of aliphatic hydroxyl groups excluding tert-OH is 3. The average molecular weight is 435 g/mol. The van der Waals surface area contributed by atoms with Gasteiger partial charge in [0, 0.05) is 10.9 Å². The van der Waals surface area contributed by atoms with Crippen molar-refractivity contribution in [2.45, 2.75) is 64.1 Å². The van der Waals surface area contributed by atoms with Gasteiger partial charge in [0.1, 0.15) is 18.0 Å². The third kappa shape index (κ3) is 4.51. The molecule has 0 amide bonds. The minimum Gasteiger partial charge on any atom is -0.494 e. The summed E-state index contributed by atoms with van der Waals surface area (Å²) in [5.74, 6) is 0.389. The first-order valence-corrected chi connectivity index (χ1v) is 10.8. The van der Waals surface area contributed by atoms with Crippen molar-refractivity contribution in [2.75, 3.05) is 6.61 Å². The molecular weight excluding hydrogens is 404 g/mol. The topological polar surface area (TPSA) is 79.2 Å². The maximum Gasteiger partial charge on any atom is 0.119 e. The minimum atomic E-state index is -1.11. The number of ether oxygens (including phenoxy) is 2. The predicted molar refractivity (Wildman–Crippen MR) is 117 cm³/mol. The van der Waals surface area contributed by atoms with E-state index in [0.717, 1.165) is 16.9 Å². The van der Waals surface area contributed by atoms with Gasteiger partial charge in [-0.2, -0.15) is 0 Å². The molecule has 6 atom stereocenters. The van der Waals surface area contributed by atoms with E-state index in [1.807, 2.05) is 37.3 Å². The van der Waals surface area contributed by atoms with Gasteiger partial charge in [0.05, 0.1) is 24.4 Å². The molecule has 2 aromatic carbocycles. The first kappa shape index (κ1) is 23.0. The molecular formula is C24H31ClO5. The minimum absolute atomic E-state index is 0.431. The van der Waals surface area contributed by atoms with E-state index in [2.05, 4.69) is 0 Å². The molecule has 0 saturated carbocycles. The van der Waals surface area contributed by atoms with Crippen LogP contribution in [0.3, 0.4) is 0 Å². The van der Waals surface area contributed by atoms with Gasteiger partial charge in [0.25, 0.3) is 0 Å². The van der Waals surface area contributed by atoms with Gasteiger partial charge in [-0.15, -0.1) is 0 Å². The van der Waals surface area contributed by atoms with Crippen LogP contribution in [0.1, 0.15) is 50.5 Å². The van der Waals surface area contributed by atoms with Crippen LogP contribution in [-0.4, -0.2) is 45.8 Å². The van der Waals surface area contributed by atoms with Crippen molar-refractivity contribution < 1.29 is 24.8 Å². The van der Waals surface area contributed by atoms with Crippen molar-refractivity contribution in [2.24, 2.45) is 5.92 Å². The molecule has 30 heavy (non-hydrogen) atoms. The molecule has 164 valence electrons. The SMILES string of the molecule is CCOc1ccc(Cc2cc([C@@H]3O[C@@](C)(C(C)O)[C@H](C)[C@H](O)[C@H]3O)ccc2Cl)cc1. The Balaban J connectivity index is 1.88. The highest BCUT2D eigenvalue weighted by molar-refractivity contribution is 6.31. The highest BCUT2D eigenvalue weighted by Gasteiger charge is 2.51. The van der Waals surface area contributed by atoms with Crippen LogP contribution in [0, 0.1) is 5.92 Å². The highest BCUT2D eigenvalue weighted by atomic mass is 35.5. The zero-order valence-electron chi connectivity index (χ0n) is 17.9. The first-order chi connectivity index (χ1) is 14.2. The van der Waals surface area contributed by atoms with Crippen LogP contribution in [0.25, 0.3) is 0 Å². The molecule has 1 unspecified atom stereocenters. The van der Waals surface area contributed by atoms with Crippen molar-refractivity contribution >= 4 is 11.6 Å². The van der Waals surface area contributed by atoms with Crippen LogP contribution < -0.4 is 4.74 Å². The smallest absolute Gasteiger partial charge is 0.119 e. The average Bonchev–Trinajstić information content (AvgIpc) is 2.72. The Bertz CT molecular complexity index is 853. The lowest BCUT2D eigenvalue weighted by Gasteiger charge is -2.50. The summed E-state index contributed by atoms with van der Waals surface area (Å²) < 4.78 is 11.7. The molecule has 3 rings (SSSR count). The molecule has 1 aliphatic rings. The fourth-order valence-corrected chi connectivity index (χ4v) is 4.19. The first-order valence-electron chi connectivity index (χ1n) is 10.4. The van der Waals surface area contributed by atoms with Gasteiger partial charge in [-0.05, 0) is 62.1 Å². The van der Waals surface area contributed by atoms with Gasteiger partial charge in [-0.3, -0.25) is 0 Å². The fourth-order valence-electron chi connectivity index (χ4n) is 4.01. The number of benzene rings is 2. The Morgan fingerprint density at radius 3 is 2.40 bits per heavy atom. The lowest BCUT2D eigenvalue weighted by Crippen LogP contribution is -2.60. The number of aliphatic hydroxyl groups is 3. The Hall–Kier alpha value is -1.63. The molecule has 0 bridgehead atoms. The second-order valence-electron chi connectivity index (χ2n) is 8.27. The van der Waals surface area contributed by atoms with Crippen LogP contribution in [0.5, 0.6) is 5.75 Å². The Morgan fingerprint density at radius 1 is 1.13 bits per heavy atom. The van der Waals surface area contributed by atoms with Crippen LogP contribution in [0.15, 0.2) is 42.5 Å². The molecule has 1 aliphatic heterocycles. The van der Waals surface area contributed by atoms with E-state index >= 15 is 0 Å². The molecule has 6 heteroatoms. The number of hydrogen-bond donors (Lipinski definition) is 3. The van der Waals surface area contributed by atoms with E-state index in [-0.39, 0.29) is 0 Å². The molecule has 0 aromatic heterocycles. The number of hydrogen-bond acceptors (Lipinski definition) is 5. The summed E-state index contributed by atoms with van der Waals surface area (Å²) in [7, 11) is 0. The van der Waals surface area contributed by atoms with Crippen LogP contribution in [0.4, 0.5) is 0 Å². The fraction of sp³-hybridized carbons (Fsp3) is 0.500. The lowest BCUT2D eigenvalue weighted by atomic mass is 9.75. The van der Waals surface area contributed by atoms with Crippen LogP contribution in [0.2, 0.25) is 5.02 Å². The highest BCUT2D eigenvalue weighted by Crippen LogP contribution is 2.43. The quantitative estimate of drug-likeness (QED) is 0.642. The number of halogens is 1. The van der Waals surface area contributed by atoms with E-state index in [0.29, 0.717) is 23.6 Å². The molecule has 1 saturated heterocycles. The third-order valence-corrected chi connectivity index (χ3v) is 6.68. The standard InChI is InChI=1S/C24H31ClO5/c1-5-29-19-9-6-16(7-10-19)12-18-13-17(8-11-20(18)25)23-22(28)21(27)14(2)24(4,30-23)15(3)26/h6-11,13-15,21-23,26-28H,5,12H2,1-4H3/t14-,15?,21+,22-,23+,24-/m1/s1. The molecule has 5 nitrogen and oxygen atoms in total. The lowest BCUT2D eigenvalue weighted by molar-refractivity contribution is -0.266.